The molecule has 10 heavy (non-hydrogen) atoms. The molecule has 0 aromatic carbocycles. The molecule has 0 spiro atoms. The molecule has 0 bridgehead atoms. The highest BCUT2D eigenvalue weighted by Crippen LogP contribution is 2.49. The van der Waals surface area contributed by atoms with Gasteiger partial charge in [0.1, 0.15) is 0 Å². The van der Waals surface area contributed by atoms with Gasteiger partial charge in [-0.3, -0.25) is 0 Å². The van der Waals surface area contributed by atoms with Crippen LogP contribution in [0, 0.1) is 11.8 Å². The largest absolute Gasteiger partial charge is 0.0993 e. The van der Waals surface area contributed by atoms with Crippen molar-refractivity contribution in [2.24, 2.45) is 11.8 Å². The average Bonchev–Trinajstić information content (AvgIpc) is 2.48. The molecule has 1 rings (SSSR count). The van der Waals surface area contributed by atoms with Crippen molar-refractivity contribution in [1.29, 1.82) is 0 Å². The number of allylic oxidation sites excluding steroid dienone is 1. The Morgan fingerprint density at radius 1 is 1.10 bits per heavy atom. The molecule has 0 aliphatic heterocycles. The van der Waals surface area contributed by atoms with Gasteiger partial charge in [0.25, 0.3) is 0 Å². The second-order valence-electron chi connectivity index (χ2n) is 3.37. The quantitative estimate of drug-likeness (QED) is 0.522. The first-order valence-electron chi connectivity index (χ1n) is 4.49. The third kappa shape index (κ3) is 1.42. The lowest BCUT2D eigenvalue weighted by Crippen LogP contribution is -1.80. The fraction of sp³-hybridized carbons (Fsp3) is 0.800. The smallest absolute Gasteiger partial charge is 0.0137 e. The average molecular weight is 138 g/mol. The van der Waals surface area contributed by atoms with Crippen molar-refractivity contribution in [3.8, 4) is 0 Å². The van der Waals surface area contributed by atoms with Gasteiger partial charge >= 0.3 is 0 Å². The van der Waals surface area contributed by atoms with Crippen molar-refractivity contribution in [3.63, 3.8) is 0 Å². The minimum atomic E-state index is 0.907. The van der Waals surface area contributed by atoms with E-state index in [1.54, 1.807) is 0 Å². The summed E-state index contributed by atoms with van der Waals surface area (Å²) in [7, 11) is 0. The molecule has 0 nitrogen and oxygen atoms in total. The first kappa shape index (κ1) is 7.84. The molecule has 1 saturated carbocycles. The van der Waals surface area contributed by atoms with E-state index in [0.29, 0.717) is 0 Å². The Balaban J connectivity index is 2.20. The number of hydrogen-bond acceptors (Lipinski definition) is 0. The molecular formula is C10H18. The lowest BCUT2D eigenvalue weighted by atomic mass is 10.1. The van der Waals surface area contributed by atoms with Crippen LogP contribution in [0.25, 0.3) is 0 Å². The van der Waals surface area contributed by atoms with E-state index in [-0.39, 0.29) is 0 Å². The maximum Gasteiger partial charge on any atom is -0.0137 e. The molecule has 2 atom stereocenters. The van der Waals surface area contributed by atoms with E-state index in [1.165, 1.54) is 31.3 Å². The predicted molar refractivity (Wildman–Crippen MR) is 45.9 cm³/mol. The Morgan fingerprint density at radius 2 is 1.50 bits per heavy atom. The molecule has 0 aromatic rings. The van der Waals surface area contributed by atoms with Crippen LogP contribution < -0.4 is 0 Å². The number of rotatable bonds is 4. The normalized spacial score (nSPS) is 30.8. The van der Waals surface area contributed by atoms with Gasteiger partial charge in [0, 0.05) is 0 Å². The second kappa shape index (κ2) is 3.23. The van der Waals surface area contributed by atoms with Crippen LogP contribution in [0.15, 0.2) is 12.2 Å². The highest BCUT2D eigenvalue weighted by molar-refractivity contribution is 5.25. The number of hydrogen-bond donors (Lipinski definition) is 0. The Morgan fingerprint density at radius 3 is 1.80 bits per heavy atom. The van der Waals surface area contributed by atoms with Crippen molar-refractivity contribution in [2.45, 2.75) is 39.5 Å². The standard InChI is InChI=1S/C10H18/c1-4-6-9-8(3)10(9)7-5-2/h9-10H,3-7H2,1-2H3. The fourth-order valence-electron chi connectivity index (χ4n) is 1.84. The van der Waals surface area contributed by atoms with Gasteiger partial charge < -0.3 is 0 Å². The lowest BCUT2D eigenvalue weighted by molar-refractivity contribution is 0.593. The van der Waals surface area contributed by atoms with Crippen LogP contribution in [0.4, 0.5) is 0 Å². The summed E-state index contributed by atoms with van der Waals surface area (Å²) in [6, 6.07) is 0. The summed E-state index contributed by atoms with van der Waals surface area (Å²) in [6.45, 7) is 8.58. The zero-order valence-corrected chi connectivity index (χ0v) is 7.19. The van der Waals surface area contributed by atoms with Crippen molar-refractivity contribution >= 4 is 0 Å². The van der Waals surface area contributed by atoms with Gasteiger partial charge in [0.2, 0.25) is 0 Å². The predicted octanol–water partition coefficient (Wildman–Crippen LogP) is 3.39. The molecule has 1 fully saturated rings. The Labute approximate surface area is 64.3 Å². The molecule has 0 aromatic heterocycles. The fourth-order valence-corrected chi connectivity index (χ4v) is 1.84. The maximum atomic E-state index is 4.07. The van der Waals surface area contributed by atoms with E-state index in [9.17, 15) is 0 Å². The molecular weight excluding hydrogens is 120 g/mol. The second-order valence-corrected chi connectivity index (χ2v) is 3.37. The zero-order valence-electron chi connectivity index (χ0n) is 7.19. The van der Waals surface area contributed by atoms with E-state index < -0.39 is 0 Å². The zero-order chi connectivity index (χ0) is 7.56. The molecule has 0 N–H and O–H groups in total. The van der Waals surface area contributed by atoms with Crippen LogP contribution in [0.1, 0.15) is 39.5 Å². The molecule has 58 valence electrons. The van der Waals surface area contributed by atoms with Crippen LogP contribution >= 0.6 is 0 Å². The van der Waals surface area contributed by atoms with E-state index in [0.717, 1.165) is 11.8 Å². The summed E-state index contributed by atoms with van der Waals surface area (Å²) < 4.78 is 0. The molecule has 0 amide bonds. The van der Waals surface area contributed by atoms with Crippen LogP contribution in [0.2, 0.25) is 0 Å². The topological polar surface area (TPSA) is 0 Å². The summed E-state index contributed by atoms with van der Waals surface area (Å²) in [6.07, 6.45) is 5.40. The van der Waals surface area contributed by atoms with Crippen molar-refractivity contribution in [2.75, 3.05) is 0 Å². The van der Waals surface area contributed by atoms with Crippen LogP contribution in [-0.2, 0) is 0 Å². The first-order valence-corrected chi connectivity index (χ1v) is 4.49. The molecule has 0 heteroatoms. The summed E-state index contributed by atoms with van der Waals surface area (Å²) in [4.78, 5) is 0. The summed E-state index contributed by atoms with van der Waals surface area (Å²) in [5.41, 5.74) is 1.53. The third-order valence-corrected chi connectivity index (χ3v) is 2.53. The van der Waals surface area contributed by atoms with E-state index in [4.69, 9.17) is 0 Å². The van der Waals surface area contributed by atoms with Gasteiger partial charge in [-0.05, 0) is 24.7 Å². The Kier molecular flexibility index (Phi) is 2.53. The van der Waals surface area contributed by atoms with Crippen molar-refractivity contribution in [3.05, 3.63) is 12.2 Å². The van der Waals surface area contributed by atoms with Crippen molar-refractivity contribution < 1.29 is 0 Å². The van der Waals surface area contributed by atoms with E-state index in [1.807, 2.05) is 0 Å². The van der Waals surface area contributed by atoms with E-state index >= 15 is 0 Å². The molecule has 0 saturated heterocycles. The van der Waals surface area contributed by atoms with Crippen LogP contribution in [0.3, 0.4) is 0 Å². The SMILES string of the molecule is C=C1C(CCC)C1CCC. The summed E-state index contributed by atoms with van der Waals surface area (Å²) in [5.74, 6) is 1.81. The van der Waals surface area contributed by atoms with Gasteiger partial charge in [0.05, 0.1) is 0 Å². The maximum absolute atomic E-state index is 4.07. The minimum Gasteiger partial charge on any atom is -0.0993 e. The van der Waals surface area contributed by atoms with Gasteiger partial charge in [-0.15, -0.1) is 0 Å². The Bertz CT molecular complexity index is 110. The van der Waals surface area contributed by atoms with Crippen molar-refractivity contribution in [1.82, 2.24) is 0 Å². The van der Waals surface area contributed by atoms with Gasteiger partial charge in [-0.2, -0.15) is 0 Å². The van der Waals surface area contributed by atoms with Gasteiger partial charge in [-0.25, -0.2) is 0 Å². The summed E-state index contributed by atoms with van der Waals surface area (Å²) in [5, 5.41) is 0. The monoisotopic (exact) mass is 138 g/mol. The first-order chi connectivity index (χ1) is 4.81. The van der Waals surface area contributed by atoms with Crippen LogP contribution in [-0.4, -0.2) is 0 Å². The van der Waals surface area contributed by atoms with Gasteiger partial charge in [-0.1, -0.05) is 38.8 Å². The highest BCUT2D eigenvalue weighted by atomic mass is 14.4. The highest BCUT2D eigenvalue weighted by Gasteiger charge is 2.39. The Hall–Kier alpha value is -0.260. The minimum absolute atomic E-state index is 0.907. The van der Waals surface area contributed by atoms with E-state index in [2.05, 4.69) is 20.4 Å². The molecule has 1 aliphatic carbocycles. The molecule has 1 aliphatic rings. The summed E-state index contributed by atoms with van der Waals surface area (Å²) >= 11 is 0. The van der Waals surface area contributed by atoms with Crippen LogP contribution in [0.5, 0.6) is 0 Å². The molecule has 0 heterocycles. The lowest BCUT2D eigenvalue weighted by Gasteiger charge is -1.91. The molecule has 2 unspecified atom stereocenters. The third-order valence-electron chi connectivity index (χ3n) is 2.53. The van der Waals surface area contributed by atoms with Gasteiger partial charge in [0.15, 0.2) is 0 Å². The molecule has 0 radical (unpaired) electrons.